The fourth-order valence-corrected chi connectivity index (χ4v) is 1.62. The number of carbonyl (C=O) groups excluding carboxylic acids is 1. The Labute approximate surface area is 87.6 Å². The Balaban J connectivity index is 2.49. The fourth-order valence-electron chi connectivity index (χ4n) is 1.35. The van der Waals surface area contributed by atoms with Crippen LogP contribution in [0.15, 0.2) is 0 Å². The van der Waals surface area contributed by atoms with E-state index in [1.165, 1.54) is 11.8 Å². The molecule has 13 heavy (non-hydrogen) atoms. The highest BCUT2D eigenvalue weighted by molar-refractivity contribution is 6.57. The van der Waals surface area contributed by atoms with E-state index in [1.807, 2.05) is 0 Å². The maximum atomic E-state index is 11.5. The summed E-state index contributed by atoms with van der Waals surface area (Å²) in [5, 5.41) is 9.05. The van der Waals surface area contributed by atoms with Crippen LogP contribution in [0, 0.1) is 0 Å². The molecule has 0 unspecified atom stereocenters. The van der Waals surface area contributed by atoms with Crippen molar-refractivity contribution in [2.24, 2.45) is 0 Å². The molecule has 1 aliphatic carbocycles. The van der Waals surface area contributed by atoms with Gasteiger partial charge in [0.1, 0.15) is 0 Å². The van der Waals surface area contributed by atoms with E-state index in [4.69, 9.17) is 28.3 Å². The highest BCUT2D eigenvalue weighted by Crippen LogP contribution is 2.29. The molecular formula is C8H13Cl2NO2. The van der Waals surface area contributed by atoms with E-state index in [2.05, 4.69) is 0 Å². The number of hydrogen-bond donors (Lipinski definition) is 1. The molecular weight excluding hydrogens is 213 g/mol. The molecule has 5 heteroatoms. The molecule has 0 bridgehead atoms. The molecule has 0 radical (unpaired) electrons. The third-order valence-electron chi connectivity index (χ3n) is 2.33. The van der Waals surface area contributed by atoms with E-state index in [0.29, 0.717) is 12.8 Å². The topological polar surface area (TPSA) is 40.5 Å². The molecule has 0 saturated heterocycles. The first-order valence-corrected chi connectivity index (χ1v) is 4.91. The summed E-state index contributed by atoms with van der Waals surface area (Å²) in [5.41, 5.74) is 0. The summed E-state index contributed by atoms with van der Waals surface area (Å²) < 4.78 is -1.37. The molecule has 0 aromatic rings. The van der Waals surface area contributed by atoms with E-state index < -0.39 is 4.33 Å². The molecule has 0 heterocycles. The van der Waals surface area contributed by atoms with Crippen molar-refractivity contribution in [1.29, 1.82) is 0 Å². The number of aliphatic hydroxyl groups excluding tert-OH is 1. The summed E-state index contributed by atoms with van der Waals surface area (Å²) in [6.45, 7) is 1.45. The van der Waals surface area contributed by atoms with Gasteiger partial charge in [0.2, 0.25) is 0 Å². The van der Waals surface area contributed by atoms with Crippen molar-refractivity contribution >= 4 is 29.1 Å². The normalized spacial score (nSPS) is 28.1. The molecule has 0 aromatic carbocycles. The van der Waals surface area contributed by atoms with Gasteiger partial charge in [-0.05, 0) is 19.8 Å². The SMILES string of the molecule is CN(C(=O)C(C)(Cl)Cl)C1CC(O)C1. The molecule has 1 amide bonds. The van der Waals surface area contributed by atoms with Crippen LogP contribution in [0.2, 0.25) is 0 Å². The zero-order chi connectivity index (χ0) is 10.2. The summed E-state index contributed by atoms with van der Waals surface area (Å²) in [7, 11) is 1.65. The second kappa shape index (κ2) is 3.64. The Kier molecular flexibility index (Phi) is 3.10. The molecule has 1 N–H and O–H groups in total. The second-order valence-electron chi connectivity index (χ2n) is 3.58. The van der Waals surface area contributed by atoms with Crippen molar-refractivity contribution < 1.29 is 9.90 Å². The van der Waals surface area contributed by atoms with Crippen LogP contribution in [0.1, 0.15) is 19.8 Å². The van der Waals surface area contributed by atoms with Gasteiger partial charge in [0.25, 0.3) is 5.91 Å². The fraction of sp³-hybridized carbons (Fsp3) is 0.875. The van der Waals surface area contributed by atoms with E-state index >= 15 is 0 Å². The summed E-state index contributed by atoms with van der Waals surface area (Å²) in [6, 6.07) is 0.0827. The number of amides is 1. The molecule has 1 aliphatic rings. The summed E-state index contributed by atoms with van der Waals surface area (Å²) in [4.78, 5) is 13.0. The van der Waals surface area contributed by atoms with Gasteiger partial charge in [-0.15, -0.1) is 0 Å². The first kappa shape index (κ1) is 11.1. The highest BCUT2D eigenvalue weighted by atomic mass is 35.5. The predicted molar refractivity (Wildman–Crippen MR) is 51.9 cm³/mol. The van der Waals surface area contributed by atoms with Gasteiger partial charge >= 0.3 is 0 Å². The van der Waals surface area contributed by atoms with Crippen LogP contribution in [-0.4, -0.2) is 39.4 Å². The molecule has 1 saturated carbocycles. The van der Waals surface area contributed by atoms with Crippen LogP contribution in [0.25, 0.3) is 0 Å². The zero-order valence-corrected chi connectivity index (χ0v) is 9.14. The average Bonchev–Trinajstić information content (AvgIpc) is 1.94. The lowest BCUT2D eigenvalue weighted by atomic mass is 9.88. The van der Waals surface area contributed by atoms with Gasteiger partial charge in [0.05, 0.1) is 6.10 Å². The van der Waals surface area contributed by atoms with Crippen molar-refractivity contribution in [3.05, 3.63) is 0 Å². The predicted octanol–water partition coefficient (Wildman–Crippen LogP) is 1.16. The summed E-state index contributed by atoms with van der Waals surface area (Å²) in [5.74, 6) is -0.312. The first-order valence-electron chi connectivity index (χ1n) is 4.15. The minimum atomic E-state index is -1.37. The maximum absolute atomic E-state index is 11.5. The molecule has 3 nitrogen and oxygen atoms in total. The van der Waals surface area contributed by atoms with Gasteiger partial charge in [-0.3, -0.25) is 4.79 Å². The lowest BCUT2D eigenvalue weighted by Crippen LogP contribution is -2.51. The van der Waals surface area contributed by atoms with E-state index in [-0.39, 0.29) is 18.1 Å². The molecule has 76 valence electrons. The van der Waals surface area contributed by atoms with Crippen molar-refractivity contribution in [2.75, 3.05) is 7.05 Å². The number of aliphatic hydroxyl groups is 1. The second-order valence-corrected chi connectivity index (χ2v) is 5.29. The first-order chi connectivity index (χ1) is 5.82. The Morgan fingerprint density at radius 2 is 2.00 bits per heavy atom. The molecule has 0 aliphatic heterocycles. The highest BCUT2D eigenvalue weighted by Gasteiger charge is 2.38. The number of hydrogen-bond acceptors (Lipinski definition) is 2. The van der Waals surface area contributed by atoms with Crippen molar-refractivity contribution in [2.45, 2.75) is 36.2 Å². The van der Waals surface area contributed by atoms with Crippen LogP contribution in [0.3, 0.4) is 0 Å². The monoisotopic (exact) mass is 225 g/mol. The van der Waals surface area contributed by atoms with Gasteiger partial charge in [-0.1, -0.05) is 23.2 Å². The Hall–Kier alpha value is 0.01000. The van der Waals surface area contributed by atoms with Crippen molar-refractivity contribution in [1.82, 2.24) is 4.90 Å². The number of rotatable bonds is 2. The van der Waals surface area contributed by atoms with Gasteiger partial charge in [0, 0.05) is 13.1 Å². The third kappa shape index (κ3) is 2.48. The largest absolute Gasteiger partial charge is 0.393 e. The summed E-state index contributed by atoms with van der Waals surface area (Å²) in [6.07, 6.45) is 0.954. The van der Waals surface area contributed by atoms with E-state index in [1.54, 1.807) is 7.05 Å². The van der Waals surface area contributed by atoms with E-state index in [9.17, 15) is 4.79 Å². The Morgan fingerprint density at radius 1 is 1.54 bits per heavy atom. The minimum absolute atomic E-state index is 0.0827. The number of halogens is 2. The van der Waals surface area contributed by atoms with Crippen molar-refractivity contribution in [3.63, 3.8) is 0 Å². The van der Waals surface area contributed by atoms with Crippen LogP contribution < -0.4 is 0 Å². The van der Waals surface area contributed by atoms with Crippen LogP contribution >= 0.6 is 23.2 Å². The average molecular weight is 226 g/mol. The number of nitrogens with zero attached hydrogens (tertiary/aromatic N) is 1. The Bertz CT molecular complexity index is 209. The van der Waals surface area contributed by atoms with Gasteiger partial charge in [0.15, 0.2) is 4.33 Å². The van der Waals surface area contributed by atoms with Gasteiger partial charge in [-0.2, -0.15) is 0 Å². The Morgan fingerprint density at radius 3 is 2.31 bits per heavy atom. The van der Waals surface area contributed by atoms with Gasteiger partial charge in [-0.25, -0.2) is 0 Å². The number of carbonyl (C=O) groups is 1. The molecule has 0 aromatic heterocycles. The molecule has 1 rings (SSSR count). The molecule has 0 atom stereocenters. The van der Waals surface area contributed by atoms with Gasteiger partial charge < -0.3 is 10.0 Å². The standard InChI is InChI=1S/C8H13Cl2NO2/c1-8(9,10)7(13)11(2)5-3-6(12)4-5/h5-6,12H,3-4H2,1-2H3. The maximum Gasteiger partial charge on any atom is 0.258 e. The van der Waals surface area contributed by atoms with E-state index in [0.717, 1.165) is 0 Å². The summed E-state index contributed by atoms with van der Waals surface area (Å²) >= 11 is 11.3. The zero-order valence-electron chi connectivity index (χ0n) is 7.63. The lowest BCUT2D eigenvalue weighted by Gasteiger charge is -2.39. The van der Waals surface area contributed by atoms with Crippen LogP contribution in [-0.2, 0) is 4.79 Å². The lowest BCUT2D eigenvalue weighted by molar-refractivity contribution is -0.136. The minimum Gasteiger partial charge on any atom is -0.393 e. The van der Waals surface area contributed by atoms with Crippen LogP contribution in [0.4, 0.5) is 0 Å². The molecule has 0 spiro atoms. The third-order valence-corrected chi connectivity index (χ3v) is 2.66. The number of alkyl halides is 2. The molecule has 1 fully saturated rings. The van der Waals surface area contributed by atoms with Crippen molar-refractivity contribution in [3.8, 4) is 0 Å². The smallest absolute Gasteiger partial charge is 0.258 e. The van der Waals surface area contributed by atoms with Crippen LogP contribution in [0.5, 0.6) is 0 Å². The quantitative estimate of drug-likeness (QED) is 0.718.